The monoisotopic (exact) mass is 458 g/mol. The van der Waals surface area contributed by atoms with E-state index >= 15 is 0 Å². The average molecular weight is 458 g/mol. The summed E-state index contributed by atoms with van der Waals surface area (Å²) in [6.45, 7) is 3.28. The van der Waals surface area contributed by atoms with Crippen molar-refractivity contribution in [2.45, 2.75) is 0 Å². The van der Waals surface area contributed by atoms with Crippen LogP contribution in [0.15, 0.2) is 55.0 Å². The van der Waals surface area contributed by atoms with Crippen LogP contribution in [0.5, 0.6) is 0 Å². The first kappa shape index (κ1) is 21.4. The molecule has 0 unspecified atom stereocenters. The Bertz CT molecular complexity index is 1240. The Morgan fingerprint density at radius 3 is 2.76 bits per heavy atom. The van der Waals surface area contributed by atoms with Crippen molar-refractivity contribution < 1.29 is 9.45 Å². The van der Waals surface area contributed by atoms with Crippen LogP contribution in [0.2, 0.25) is 0 Å². The molecule has 3 aromatic heterocycles. The third-order valence-electron chi connectivity index (χ3n) is 5.33. The Morgan fingerprint density at radius 1 is 1.09 bits per heavy atom. The number of benzene rings is 1. The van der Waals surface area contributed by atoms with Crippen LogP contribution in [0, 0.1) is 0 Å². The number of nitrogens with one attached hydrogen (secondary N) is 1. The summed E-state index contributed by atoms with van der Waals surface area (Å²) in [6.07, 6.45) is 4.98. The third kappa shape index (κ3) is 4.70. The van der Waals surface area contributed by atoms with E-state index in [-0.39, 0.29) is 11.6 Å². The lowest BCUT2D eigenvalue weighted by atomic mass is 10.1. The second kappa shape index (κ2) is 9.61. The molecule has 9 nitrogen and oxygen atoms in total. The van der Waals surface area contributed by atoms with E-state index in [2.05, 4.69) is 35.0 Å². The number of anilines is 2. The van der Waals surface area contributed by atoms with Crippen molar-refractivity contribution in [1.29, 1.82) is 0 Å². The number of pyridine rings is 1. The molecule has 0 saturated carbocycles. The lowest BCUT2D eigenvalue weighted by Gasteiger charge is -2.36. The van der Waals surface area contributed by atoms with Crippen molar-refractivity contribution in [3.63, 3.8) is 0 Å². The zero-order valence-electron chi connectivity index (χ0n) is 18.0. The standard InChI is InChI=1S/C22H21BN7O2S/c1-32-23-30-12-10-29(11-13-30)18-7-8-24-14-17(18)27-21(31)16-6-9-25-20(26-16)22-28-15-4-2-3-5-19(15)33-22/h2-9,14H,10-13H2,1H3,(H,27,31). The number of hydrogen-bond acceptors (Lipinski definition) is 9. The molecule has 0 atom stereocenters. The van der Waals surface area contributed by atoms with Gasteiger partial charge in [-0.1, -0.05) is 12.1 Å². The van der Waals surface area contributed by atoms with Crippen molar-refractivity contribution in [1.82, 2.24) is 24.7 Å². The third-order valence-corrected chi connectivity index (χ3v) is 6.36. The van der Waals surface area contributed by atoms with E-state index in [1.807, 2.05) is 30.3 Å². The maximum absolute atomic E-state index is 13.0. The van der Waals surface area contributed by atoms with E-state index in [0.29, 0.717) is 16.5 Å². The van der Waals surface area contributed by atoms with E-state index < -0.39 is 0 Å². The summed E-state index contributed by atoms with van der Waals surface area (Å²) < 4.78 is 6.16. The van der Waals surface area contributed by atoms with Gasteiger partial charge in [0.1, 0.15) is 5.69 Å². The minimum Gasteiger partial charge on any atom is -0.427 e. The van der Waals surface area contributed by atoms with E-state index in [4.69, 9.17) is 4.65 Å². The number of thiazole rings is 1. The molecule has 1 aliphatic rings. The maximum atomic E-state index is 13.0. The molecule has 1 amide bonds. The number of carbonyl (C=O) groups excluding carboxylic acids is 1. The second-order valence-corrected chi connectivity index (χ2v) is 8.49. The van der Waals surface area contributed by atoms with Crippen molar-refractivity contribution >= 4 is 46.5 Å². The van der Waals surface area contributed by atoms with Gasteiger partial charge in [-0.3, -0.25) is 9.78 Å². The molecule has 33 heavy (non-hydrogen) atoms. The molecule has 0 bridgehead atoms. The Labute approximate surface area is 195 Å². The summed E-state index contributed by atoms with van der Waals surface area (Å²) in [6, 6.07) is 11.4. The number of carbonyl (C=O) groups is 1. The molecule has 1 saturated heterocycles. The van der Waals surface area contributed by atoms with Crippen LogP contribution in [0.3, 0.4) is 0 Å². The molecular formula is C22H21BN7O2S. The normalized spacial score (nSPS) is 14.4. The number of aromatic nitrogens is 4. The van der Waals surface area contributed by atoms with Gasteiger partial charge >= 0.3 is 7.62 Å². The molecule has 1 aliphatic heterocycles. The second-order valence-electron chi connectivity index (χ2n) is 7.46. The summed E-state index contributed by atoms with van der Waals surface area (Å²) in [5, 5.41) is 3.65. The van der Waals surface area contributed by atoms with Crippen LogP contribution in [-0.4, -0.2) is 71.6 Å². The zero-order valence-corrected chi connectivity index (χ0v) is 18.8. The van der Waals surface area contributed by atoms with Gasteiger partial charge in [-0.15, -0.1) is 11.3 Å². The fourth-order valence-electron chi connectivity index (χ4n) is 3.72. The van der Waals surface area contributed by atoms with Crippen molar-refractivity contribution in [3.05, 3.63) is 60.7 Å². The first-order valence-electron chi connectivity index (χ1n) is 10.5. The van der Waals surface area contributed by atoms with Gasteiger partial charge in [-0.25, -0.2) is 15.0 Å². The van der Waals surface area contributed by atoms with Crippen LogP contribution in [0.1, 0.15) is 10.5 Å². The molecule has 0 aliphatic carbocycles. The molecule has 4 heterocycles. The van der Waals surface area contributed by atoms with Gasteiger partial charge in [0.15, 0.2) is 10.8 Å². The number of fused-ring (bicyclic) bond motifs is 1. The molecule has 1 aromatic carbocycles. The summed E-state index contributed by atoms with van der Waals surface area (Å²) in [4.78, 5) is 35.0. The van der Waals surface area contributed by atoms with Crippen molar-refractivity contribution in [3.8, 4) is 10.8 Å². The van der Waals surface area contributed by atoms with E-state index in [1.165, 1.54) is 11.3 Å². The van der Waals surface area contributed by atoms with Gasteiger partial charge in [-0.2, -0.15) is 0 Å². The van der Waals surface area contributed by atoms with Crippen LogP contribution >= 0.6 is 11.3 Å². The summed E-state index contributed by atoms with van der Waals surface area (Å²) in [5.41, 5.74) is 2.73. The topological polar surface area (TPSA) is 96.4 Å². The minimum absolute atomic E-state index is 0.272. The van der Waals surface area contributed by atoms with Gasteiger partial charge in [0.2, 0.25) is 0 Å². The number of nitrogens with zero attached hydrogens (tertiary/aromatic N) is 6. The van der Waals surface area contributed by atoms with Crippen molar-refractivity contribution in [2.75, 3.05) is 43.5 Å². The molecule has 0 spiro atoms. The fraction of sp³-hybridized carbons (Fsp3) is 0.227. The number of amides is 1. The number of rotatable bonds is 6. The lowest BCUT2D eigenvalue weighted by molar-refractivity contribution is 0.102. The lowest BCUT2D eigenvalue weighted by Crippen LogP contribution is -2.48. The molecule has 165 valence electrons. The van der Waals surface area contributed by atoms with Gasteiger partial charge in [0.25, 0.3) is 5.91 Å². The minimum atomic E-state index is -0.319. The van der Waals surface area contributed by atoms with E-state index in [1.54, 1.807) is 39.4 Å². The highest BCUT2D eigenvalue weighted by atomic mass is 32.1. The predicted molar refractivity (Wildman–Crippen MR) is 129 cm³/mol. The van der Waals surface area contributed by atoms with Crippen LogP contribution in [0.4, 0.5) is 11.4 Å². The predicted octanol–water partition coefficient (Wildman–Crippen LogP) is 2.70. The smallest absolute Gasteiger partial charge is 0.398 e. The first-order valence-corrected chi connectivity index (χ1v) is 11.3. The molecule has 1 radical (unpaired) electrons. The molecular weight excluding hydrogens is 437 g/mol. The Hall–Kier alpha value is -3.41. The van der Waals surface area contributed by atoms with Crippen molar-refractivity contribution in [2.24, 2.45) is 0 Å². The van der Waals surface area contributed by atoms with Crippen LogP contribution in [0.25, 0.3) is 21.0 Å². The highest BCUT2D eigenvalue weighted by molar-refractivity contribution is 7.21. The highest BCUT2D eigenvalue weighted by Gasteiger charge is 2.21. The Balaban J connectivity index is 1.34. The molecule has 5 rings (SSSR count). The quantitative estimate of drug-likeness (QED) is 0.441. The number of piperazine rings is 1. The van der Waals surface area contributed by atoms with Gasteiger partial charge in [0, 0.05) is 45.7 Å². The SMILES string of the molecule is CO[B]N1CCN(c2ccncc2NC(=O)c2ccnc(-c3nc4ccccc4s3)n2)CC1. The molecule has 1 N–H and O–H groups in total. The first-order chi connectivity index (χ1) is 16.2. The molecule has 1 fully saturated rings. The molecule has 11 heteroatoms. The van der Waals surface area contributed by atoms with Gasteiger partial charge in [-0.05, 0) is 24.3 Å². The van der Waals surface area contributed by atoms with Crippen LogP contribution < -0.4 is 10.2 Å². The summed E-state index contributed by atoms with van der Waals surface area (Å²) in [5.74, 6) is 0.112. The number of para-hydroxylation sites is 1. The maximum Gasteiger partial charge on any atom is 0.398 e. The molecule has 4 aromatic rings. The Kier molecular flexibility index (Phi) is 6.25. The average Bonchev–Trinajstić information content (AvgIpc) is 3.30. The highest BCUT2D eigenvalue weighted by Crippen LogP contribution is 2.28. The van der Waals surface area contributed by atoms with Gasteiger partial charge in [0.05, 0.1) is 27.8 Å². The number of hydrogen-bond donors (Lipinski definition) is 1. The van der Waals surface area contributed by atoms with E-state index in [0.717, 1.165) is 42.1 Å². The van der Waals surface area contributed by atoms with Gasteiger partial charge < -0.3 is 19.7 Å². The summed E-state index contributed by atoms with van der Waals surface area (Å²) in [7, 11) is 3.39. The summed E-state index contributed by atoms with van der Waals surface area (Å²) >= 11 is 1.50. The fourth-order valence-corrected chi connectivity index (χ4v) is 4.63. The zero-order chi connectivity index (χ0) is 22.6. The van der Waals surface area contributed by atoms with Crippen LogP contribution in [-0.2, 0) is 4.65 Å². The van der Waals surface area contributed by atoms with E-state index in [9.17, 15) is 4.79 Å². The largest absolute Gasteiger partial charge is 0.427 e. The Morgan fingerprint density at radius 2 is 1.94 bits per heavy atom.